The number of H-pyrrole nitrogens is 1. The van der Waals surface area contributed by atoms with E-state index in [0.29, 0.717) is 22.3 Å². The number of hydrogen-bond donors (Lipinski definition) is 2. The normalized spacial score (nSPS) is 19.4. The Morgan fingerprint density at radius 2 is 1.93 bits per heavy atom. The van der Waals surface area contributed by atoms with Crippen molar-refractivity contribution in [2.75, 3.05) is 4.90 Å². The number of fused-ring (bicyclic) bond motifs is 2. The third-order valence-corrected chi connectivity index (χ3v) is 6.26. The van der Waals surface area contributed by atoms with Crippen LogP contribution in [0.25, 0.3) is 22.1 Å². The number of amides is 1. The topological polar surface area (TPSA) is 112 Å². The first-order valence-electron chi connectivity index (χ1n) is 9.58. The van der Waals surface area contributed by atoms with E-state index >= 15 is 0 Å². The predicted molar refractivity (Wildman–Crippen MR) is 111 cm³/mol. The van der Waals surface area contributed by atoms with Gasteiger partial charge in [0, 0.05) is 11.6 Å². The molecule has 1 atom stereocenters. The molecule has 1 saturated carbocycles. The molecule has 4 aromatic rings. The SMILES string of the molecule is O=C(C1=C(O)C(=O)N(c2ccc3[nH]cnc3c2)C1c1ccc2nsnc2c1)C1CC1. The van der Waals surface area contributed by atoms with Crippen LogP contribution in [-0.4, -0.2) is 35.5 Å². The number of benzene rings is 2. The van der Waals surface area contributed by atoms with Crippen LogP contribution in [-0.2, 0) is 9.59 Å². The number of aromatic amines is 1. The molecule has 6 rings (SSSR count). The van der Waals surface area contributed by atoms with E-state index in [1.54, 1.807) is 18.5 Å². The summed E-state index contributed by atoms with van der Waals surface area (Å²) in [5.74, 6) is -1.35. The lowest BCUT2D eigenvalue weighted by Crippen LogP contribution is -2.31. The summed E-state index contributed by atoms with van der Waals surface area (Å²) in [7, 11) is 0. The maximum absolute atomic E-state index is 13.1. The highest BCUT2D eigenvalue weighted by Gasteiger charge is 2.47. The van der Waals surface area contributed by atoms with Crippen LogP contribution in [0.1, 0.15) is 24.4 Å². The molecule has 30 heavy (non-hydrogen) atoms. The zero-order chi connectivity index (χ0) is 20.4. The molecule has 3 heterocycles. The molecule has 1 aliphatic heterocycles. The fourth-order valence-corrected chi connectivity index (χ4v) is 4.56. The van der Waals surface area contributed by atoms with Gasteiger partial charge in [-0.25, -0.2) is 4.98 Å². The Morgan fingerprint density at radius 3 is 2.77 bits per heavy atom. The number of aliphatic hydroxyl groups excluding tert-OH is 1. The number of ketones is 1. The number of nitrogens with one attached hydrogen (secondary N) is 1. The van der Waals surface area contributed by atoms with Crippen molar-refractivity contribution in [1.82, 2.24) is 18.7 Å². The summed E-state index contributed by atoms with van der Waals surface area (Å²) < 4.78 is 8.51. The predicted octanol–water partition coefficient (Wildman–Crippen LogP) is 3.45. The van der Waals surface area contributed by atoms with Gasteiger partial charge in [-0.05, 0) is 48.7 Å². The van der Waals surface area contributed by atoms with Crippen LogP contribution in [0.15, 0.2) is 54.1 Å². The Balaban J connectivity index is 1.54. The molecule has 0 bridgehead atoms. The molecular formula is C21H15N5O3S. The Labute approximate surface area is 174 Å². The van der Waals surface area contributed by atoms with Gasteiger partial charge in [0.25, 0.3) is 5.91 Å². The Morgan fingerprint density at radius 1 is 1.10 bits per heavy atom. The molecule has 0 radical (unpaired) electrons. The Kier molecular flexibility index (Phi) is 3.57. The molecule has 2 N–H and O–H groups in total. The van der Waals surface area contributed by atoms with Gasteiger partial charge >= 0.3 is 0 Å². The number of Topliss-reactive ketones (excluding diaryl/α,β-unsaturated/α-hetero) is 1. The van der Waals surface area contributed by atoms with Gasteiger partial charge < -0.3 is 10.1 Å². The minimum Gasteiger partial charge on any atom is -0.503 e. The van der Waals surface area contributed by atoms with Gasteiger partial charge in [-0.3, -0.25) is 14.5 Å². The molecule has 2 aromatic carbocycles. The van der Waals surface area contributed by atoms with Crippen molar-refractivity contribution in [3.63, 3.8) is 0 Å². The highest BCUT2D eigenvalue weighted by Crippen LogP contribution is 2.45. The largest absolute Gasteiger partial charge is 0.503 e. The molecule has 0 spiro atoms. The first kappa shape index (κ1) is 17.3. The number of aromatic nitrogens is 4. The number of hydrogen-bond acceptors (Lipinski definition) is 7. The van der Waals surface area contributed by atoms with Crippen LogP contribution < -0.4 is 4.90 Å². The van der Waals surface area contributed by atoms with Crippen molar-refractivity contribution < 1.29 is 14.7 Å². The van der Waals surface area contributed by atoms with E-state index < -0.39 is 17.7 Å². The Bertz CT molecular complexity index is 1380. The van der Waals surface area contributed by atoms with E-state index in [4.69, 9.17) is 0 Å². The van der Waals surface area contributed by atoms with Gasteiger partial charge in [-0.15, -0.1) is 0 Å². The van der Waals surface area contributed by atoms with E-state index in [1.165, 1.54) is 4.90 Å². The van der Waals surface area contributed by atoms with Crippen LogP contribution in [0.4, 0.5) is 5.69 Å². The molecule has 148 valence electrons. The van der Waals surface area contributed by atoms with Crippen LogP contribution in [0.2, 0.25) is 0 Å². The van der Waals surface area contributed by atoms with Crippen molar-refractivity contribution in [2.45, 2.75) is 18.9 Å². The third-order valence-electron chi connectivity index (χ3n) is 5.70. The van der Waals surface area contributed by atoms with Gasteiger partial charge in [-0.1, -0.05) is 6.07 Å². The number of carbonyl (C=O) groups is 2. The van der Waals surface area contributed by atoms with Crippen molar-refractivity contribution in [2.24, 2.45) is 5.92 Å². The average molecular weight is 417 g/mol. The number of aliphatic hydroxyl groups is 1. The Hall–Kier alpha value is -3.59. The van der Waals surface area contributed by atoms with Crippen molar-refractivity contribution in [3.8, 4) is 0 Å². The molecule has 0 saturated heterocycles. The second kappa shape index (κ2) is 6.20. The molecule has 1 aliphatic carbocycles. The molecule has 1 fully saturated rings. The lowest BCUT2D eigenvalue weighted by molar-refractivity contribution is -0.118. The zero-order valence-corrected chi connectivity index (χ0v) is 16.4. The second-order valence-corrected chi connectivity index (χ2v) is 8.12. The van der Waals surface area contributed by atoms with E-state index in [-0.39, 0.29) is 17.3 Å². The summed E-state index contributed by atoms with van der Waals surface area (Å²) in [6, 6.07) is 10.1. The number of anilines is 1. The summed E-state index contributed by atoms with van der Waals surface area (Å²) in [4.78, 5) is 35.0. The number of nitrogens with zero attached hydrogens (tertiary/aromatic N) is 4. The van der Waals surface area contributed by atoms with Gasteiger partial charge in [0.1, 0.15) is 11.0 Å². The lowest BCUT2D eigenvalue weighted by Gasteiger charge is -2.27. The van der Waals surface area contributed by atoms with Crippen molar-refractivity contribution in [3.05, 3.63) is 59.6 Å². The average Bonchev–Trinajstić information content (AvgIpc) is 3.21. The molecule has 2 aliphatic rings. The summed E-state index contributed by atoms with van der Waals surface area (Å²) in [6.07, 6.45) is 3.15. The van der Waals surface area contributed by atoms with Crippen LogP contribution in [0, 0.1) is 5.92 Å². The smallest absolute Gasteiger partial charge is 0.294 e. The molecule has 1 unspecified atom stereocenters. The van der Waals surface area contributed by atoms with Gasteiger partial charge in [-0.2, -0.15) is 8.75 Å². The first-order chi connectivity index (χ1) is 14.6. The number of carbonyl (C=O) groups excluding carboxylic acids is 2. The highest BCUT2D eigenvalue weighted by molar-refractivity contribution is 7.00. The second-order valence-electron chi connectivity index (χ2n) is 7.59. The van der Waals surface area contributed by atoms with Crippen LogP contribution >= 0.6 is 11.7 Å². The maximum atomic E-state index is 13.1. The molecule has 2 aromatic heterocycles. The van der Waals surface area contributed by atoms with E-state index in [0.717, 1.165) is 35.6 Å². The summed E-state index contributed by atoms with van der Waals surface area (Å²) in [5.41, 5.74) is 4.40. The van der Waals surface area contributed by atoms with Gasteiger partial charge in [0.2, 0.25) is 0 Å². The van der Waals surface area contributed by atoms with E-state index in [2.05, 4.69) is 18.7 Å². The minimum absolute atomic E-state index is 0.129. The maximum Gasteiger partial charge on any atom is 0.294 e. The lowest BCUT2D eigenvalue weighted by atomic mass is 9.93. The monoisotopic (exact) mass is 417 g/mol. The van der Waals surface area contributed by atoms with E-state index in [9.17, 15) is 14.7 Å². The van der Waals surface area contributed by atoms with Gasteiger partial charge in [0.05, 0.1) is 40.7 Å². The fraction of sp³-hybridized carbons (Fsp3) is 0.190. The zero-order valence-electron chi connectivity index (χ0n) is 15.6. The number of imidazole rings is 1. The van der Waals surface area contributed by atoms with Gasteiger partial charge in [0.15, 0.2) is 11.5 Å². The molecule has 8 nitrogen and oxygen atoms in total. The summed E-state index contributed by atoms with van der Waals surface area (Å²) in [6.45, 7) is 0. The quantitative estimate of drug-likeness (QED) is 0.526. The summed E-state index contributed by atoms with van der Waals surface area (Å²) in [5, 5.41) is 10.7. The minimum atomic E-state index is -0.729. The van der Waals surface area contributed by atoms with Crippen LogP contribution in [0.5, 0.6) is 0 Å². The first-order valence-corrected chi connectivity index (χ1v) is 10.3. The third kappa shape index (κ3) is 2.48. The number of rotatable bonds is 4. The molecular weight excluding hydrogens is 402 g/mol. The van der Waals surface area contributed by atoms with Crippen molar-refractivity contribution >= 4 is 51.2 Å². The molecule has 1 amide bonds. The standard InChI is InChI=1S/C21H15N5O3S/c27-19(10-1-2-10)17-18(11-3-5-14-16(7-11)25-30-24-14)26(21(29)20(17)28)12-4-6-13-15(8-12)23-9-22-13/h3-10,18,28H,1-2H2,(H,22,23). The van der Waals surface area contributed by atoms with E-state index in [1.807, 2.05) is 24.3 Å². The fourth-order valence-electron chi connectivity index (χ4n) is 4.04. The van der Waals surface area contributed by atoms with Crippen molar-refractivity contribution in [1.29, 1.82) is 0 Å². The van der Waals surface area contributed by atoms with Crippen LogP contribution in [0.3, 0.4) is 0 Å². The molecule has 9 heteroatoms. The highest BCUT2D eigenvalue weighted by atomic mass is 32.1. The summed E-state index contributed by atoms with van der Waals surface area (Å²) >= 11 is 1.11.